The SMILES string of the molecule is COc1ccc(-c2cccc3nc(Nc4ccc(N5CCOCC5)cc4)nn23)c(OC)c1. The topological polar surface area (TPSA) is 73.2 Å². The second-order valence-electron chi connectivity index (χ2n) is 7.45. The number of morpholine rings is 1. The summed E-state index contributed by atoms with van der Waals surface area (Å²) in [6.07, 6.45) is 0. The number of pyridine rings is 1. The van der Waals surface area contributed by atoms with Crippen molar-refractivity contribution in [3.63, 3.8) is 0 Å². The van der Waals surface area contributed by atoms with Gasteiger partial charge in [-0.1, -0.05) is 6.07 Å². The van der Waals surface area contributed by atoms with Gasteiger partial charge >= 0.3 is 0 Å². The first-order chi connectivity index (χ1) is 15.7. The lowest BCUT2D eigenvalue weighted by Gasteiger charge is -2.28. The van der Waals surface area contributed by atoms with Crippen molar-refractivity contribution in [1.82, 2.24) is 14.6 Å². The van der Waals surface area contributed by atoms with Gasteiger partial charge < -0.3 is 24.4 Å². The highest BCUT2D eigenvalue weighted by Gasteiger charge is 2.14. The van der Waals surface area contributed by atoms with E-state index in [2.05, 4.69) is 27.3 Å². The Morgan fingerprint density at radius 3 is 2.50 bits per heavy atom. The van der Waals surface area contributed by atoms with Crippen molar-refractivity contribution >= 4 is 23.0 Å². The maximum atomic E-state index is 5.59. The number of fused-ring (bicyclic) bond motifs is 1. The lowest BCUT2D eigenvalue weighted by Crippen LogP contribution is -2.36. The first-order valence-electron chi connectivity index (χ1n) is 10.5. The molecule has 4 aromatic rings. The molecule has 0 aliphatic carbocycles. The van der Waals surface area contributed by atoms with Gasteiger partial charge in [-0.05, 0) is 48.5 Å². The Labute approximate surface area is 186 Å². The smallest absolute Gasteiger partial charge is 0.247 e. The summed E-state index contributed by atoms with van der Waals surface area (Å²) in [5.41, 5.74) is 4.65. The fourth-order valence-electron chi connectivity index (χ4n) is 3.88. The molecule has 0 spiro atoms. The second kappa shape index (κ2) is 8.76. The number of nitrogens with one attached hydrogen (secondary N) is 1. The van der Waals surface area contributed by atoms with Crippen molar-refractivity contribution in [2.75, 3.05) is 50.7 Å². The molecule has 3 heterocycles. The summed E-state index contributed by atoms with van der Waals surface area (Å²) < 4.78 is 18.2. The Morgan fingerprint density at radius 2 is 1.75 bits per heavy atom. The van der Waals surface area contributed by atoms with Crippen LogP contribution >= 0.6 is 0 Å². The molecule has 1 saturated heterocycles. The minimum atomic E-state index is 0.532. The standard InChI is InChI=1S/C24H25N5O3/c1-30-19-10-11-20(22(16-19)31-2)21-4-3-5-23-26-24(27-29(21)23)25-17-6-8-18(9-7-17)28-12-14-32-15-13-28/h3-11,16H,12-15H2,1-2H3,(H,25,27). The summed E-state index contributed by atoms with van der Waals surface area (Å²) in [6.45, 7) is 3.37. The van der Waals surface area contributed by atoms with Gasteiger partial charge in [-0.3, -0.25) is 0 Å². The van der Waals surface area contributed by atoms with Crippen molar-refractivity contribution in [2.45, 2.75) is 0 Å². The molecule has 8 nitrogen and oxygen atoms in total. The lowest BCUT2D eigenvalue weighted by molar-refractivity contribution is 0.122. The average Bonchev–Trinajstić information content (AvgIpc) is 3.27. The Hall–Kier alpha value is -3.78. The molecule has 0 atom stereocenters. The van der Waals surface area contributed by atoms with Gasteiger partial charge in [-0.2, -0.15) is 4.98 Å². The van der Waals surface area contributed by atoms with Crippen LogP contribution in [-0.4, -0.2) is 55.1 Å². The Bertz CT molecular complexity index is 1220. The van der Waals surface area contributed by atoms with Gasteiger partial charge in [0.1, 0.15) is 11.5 Å². The van der Waals surface area contributed by atoms with E-state index in [1.54, 1.807) is 14.2 Å². The minimum Gasteiger partial charge on any atom is -0.497 e. The molecule has 32 heavy (non-hydrogen) atoms. The molecule has 0 bridgehead atoms. The minimum absolute atomic E-state index is 0.532. The van der Waals surface area contributed by atoms with Crippen LogP contribution in [0.1, 0.15) is 0 Å². The predicted molar refractivity (Wildman–Crippen MR) is 124 cm³/mol. The molecule has 1 N–H and O–H groups in total. The zero-order valence-corrected chi connectivity index (χ0v) is 18.1. The zero-order valence-electron chi connectivity index (χ0n) is 18.1. The third kappa shape index (κ3) is 3.92. The molecule has 5 rings (SSSR count). The zero-order chi connectivity index (χ0) is 21.9. The number of anilines is 3. The molecule has 0 amide bonds. The number of hydrogen-bond acceptors (Lipinski definition) is 7. The van der Waals surface area contributed by atoms with E-state index in [1.807, 2.05) is 53.0 Å². The molecule has 8 heteroatoms. The molecule has 0 unspecified atom stereocenters. The first-order valence-corrected chi connectivity index (χ1v) is 10.5. The molecular formula is C24H25N5O3. The maximum absolute atomic E-state index is 5.59. The van der Waals surface area contributed by atoms with Crippen LogP contribution < -0.4 is 19.7 Å². The fraction of sp³-hybridized carbons (Fsp3) is 0.250. The summed E-state index contributed by atoms with van der Waals surface area (Å²) in [4.78, 5) is 6.97. The number of aromatic nitrogens is 3. The van der Waals surface area contributed by atoms with Crippen LogP contribution in [0.25, 0.3) is 16.9 Å². The fourth-order valence-corrected chi connectivity index (χ4v) is 3.88. The molecular weight excluding hydrogens is 406 g/mol. The molecule has 2 aromatic heterocycles. The van der Waals surface area contributed by atoms with Gasteiger partial charge in [-0.25, -0.2) is 4.52 Å². The highest BCUT2D eigenvalue weighted by molar-refractivity contribution is 5.71. The molecule has 1 aliphatic rings. The third-order valence-corrected chi connectivity index (χ3v) is 5.54. The molecule has 1 fully saturated rings. The number of ether oxygens (including phenoxy) is 3. The quantitative estimate of drug-likeness (QED) is 0.495. The van der Waals surface area contributed by atoms with E-state index in [9.17, 15) is 0 Å². The van der Waals surface area contributed by atoms with Crippen LogP contribution in [0.15, 0.2) is 60.7 Å². The summed E-state index contributed by atoms with van der Waals surface area (Å²) in [6, 6.07) is 19.9. The number of hydrogen-bond donors (Lipinski definition) is 1. The van der Waals surface area contributed by atoms with Gasteiger partial charge in [-0.15, -0.1) is 5.10 Å². The Balaban J connectivity index is 1.42. The number of rotatable bonds is 6. The van der Waals surface area contributed by atoms with Crippen LogP contribution in [0, 0.1) is 0 Å². The van der Waals surface area contributed by atoms with Crippen molar-refractivity contribution in [3.05, 3.63) is 60.7 Å². The maximum Gasteiger partial charge on any atom is 0.247 e. The highest BCUT2D eigenvalue weighted by Crippen LogP contribution is 2.33. The van der Waals surface area contributed by atoms with E-state index in [0.717, 1.165) is 54.6 Å². The monoisotopic (exact) mass is 431 g/mol. The molecule has 2 aromatic carbocycles. The van der Waals surface area contributed by atoms with Crippen LogP contribution in [-0.2, 0) is 4.74 Å². The van der Waals surface area contributed by atoms with Crippen LogP contribution in [0.5, 0.6) is 11.5 Å². The molecule has 0 radical (unpaired) electrons. The van der Waals surface area contributed by atoms with Crippen LogP contribution in [0.2, 0.25) is 0 Å². The van der Waals surface area contributed by atoms with Crippen LogP contribution in [0.4, 0.5) is 17.3 Å². The van der Waals surface area contributed by atoms with Crippen molar-refractivity contribution < 1.29 is 14.2 Å². The summed E-state index contributed by atoms with van der Waals surface area (Å²) in [5, 5.41) is 8.01. The number of benzene rings is 2. The molecule has 164 valence electrons. The predicted octanol–water partition coefficient (Wildman–Crippen LogP) is 3.99. The number of methoxy groups -OCH3 is 2. The normalized spacial score (nSPS) is 13.9. The number of nitrogens with zero attached hydrogens (tertiary/aromatic N) is 4. The van der Waals surface area contributed by atoms with Crippen molar-refractivity contribution in [1.29, 1.82) is 0 Å². The van der Waals surface area contributed by atoms with E-state index >= 15 is 0 Å². The summed E-state index contributed by atoms with van der Waals surface area (Å²) >= 11 is 0. The summed E-state index contributed by atoms with van der Waals surface area (Å²) in [7, 11) is 3.28. The third-order valence-electron chi connectivity index (χ3n) is 5.54. The van der Waals surface area contributed by atoms with E-state index < -0.39 is 0 Å². The van der Waals surface area contributed by atoms with E-state index in [1.165, 1.54) is 5.69 Å². The van der Waals surface area contributed by atoms with Gasteiger partial charge in [0.2, 0.25) is 5.95 Å². The van der Waals surface area contributed by atoms with Gasteiger partial charge in [0.25, 0.3) is 0 Å². The van der Waals surface area contributed by atoms with Crippen molar-refractivity contribution in [3.8, 4) is 22.8 Å². The molecule has 1 aliphatic heterocycles. The van der Waals surface area contributed by atoms with E-state index in [4.69, 9.17) is 19.3 Å². The largest absolute Gasteiger partial charge is 0.497 e. The molecule has 0 saturated carbocycles. The Morgan fingerprint density at radius 1 is 0.938 bits per heavy atom. The van der Waals surface area contributed by atoms with Gasteiger partial charge in [0.05, 0.1) is 33.1 Å². The van der Waals surface area contributed by atoms with Crippen molar-refractivity contribution in [2.24, 2.45) is 0 Å². The lowest BCUT2D eigenvalue weighted by atomic mass is 10.1. The first kappa shape index (κ1) is 20.1. The van der Waals surface area contributed by atoms with E-state index in [-0.39, 0.29) is 0 Å². The Kier molecular flexibility index (Phi) is 5.51. The summed E-state index contributed by atoms with van der Waals surface area (Å²) in [5.74, 6) is 1.98. The van der Waals surface area contributed by atoms with Crippen LogP contribution in [0.3, 0.4) is 0 Å². The van der Waals surface area contributed by atoms with E-state index in [0.29, 0.717) is 11.7 Å². The average molecular weight is 431 g/mol. The highest BCUT2D eigenvalue weighted by atomic mass is 16.5. The van der Waals surface area contributed by atoms with Gasteiger partial charge in [0, 0.05) is 36.1 Å². The second-order valence-corrected chi connectivity index (χ2v) is 7.45. The van der Waals surface area contributed by atoms with Gasteiger partial charge in [0.15, 0.2) is 5.65 Å².